The van der Waals surface area contributed by atoms with Gasteiger partial charge < -0.3 is 14.5 Å². The van der Waals surface area contributed by atoms with E-state index in [-0.39, 0.29) is 5.91 Å². The highest BCUT2D eigenvalue weighted by molar-refractivity contribution is 6.32. The molecule has 0 unspecified atom stereocenters. The molecule has 4 aromatic rings. The highest BCUT2D eigenvalue weighted by Crippen LogP contribution is 2.26. The minimum absolute atomic E-state index is 0.235. The monoisotopic (exact) mass is 406 g/mol. The molecule has 0 spiro atoms. The van der Waals surface area contributed by atoms with E-state index >= 15 is 0 Å². The number of anilines is 1. The van der Waals surface area contributed by atoms with Gasteiger partial charge in [-0.2, -0.15) is 0 Å². The van der Waals surface area contributed by atoms with Crippen LogP contribution in [0.25, 0.3) is 11.1 Å². The van der Waals surface area contributed by atoms with Crippen LogP contribution in [-0.2, 0) is 6.42 Å². The summed E-state index contributed by atoms with van der Waals surface area (Å²) in [7, 11) is 0. The molecule has 5 nitrogen and oxygen atoms in total. The van der Waals surface area contributed by atoms with E-state index in [2.05, 4.69) is 10.3 Å². The van der Waals surface area contributed by atoms with Gasteiger partial charge >= 0.3 is 0 Å². The third-order valence-corrected chi connectivity index (χ3v) is 4.69. The van der Waals surface area contributed by atoms with E-state index in [0.29, 0.717) is 40.9 Å². The molecule has 0 aliphatic rings. The van der Waals surface area contributed by atoms with Crippen molar-refractivity contribution in [3.8, 4) is 5.75 Å². The smallest absolute Gasteiger partial charge is 0.255 e. The van der Waals surface area contributed by atoms with Crippen LogP contribution < -0.4 is 10.1 Å². The Labute approximate surface area is 173 Å². The van der Waals surface area contributed by atoms with Crippen LogP contribution >= 0.6 is 11.6 Å². The largest absolute Gasteiger partial charge is 0.492 e. The summed E-state index contributed by atoms with van der Waals surface area (Å²) in [5.41, 5.74) is 3.83. The zero-order chi connectivity index (χ0) is 20.2. The van der Waals surface area contributed by atoms with Gasteiger partial charge in [-0.1, -0.05) is 35.9 Å². The van der Waals surface area contributed by atoms with Gasteiger partial charge in [-0.25, -0.2) is 4.98 Å². The average Bonchev–Trinajstić information content (AvgIpc) is 3.13. The summed E-state index contributed by atoms with van der Waals surface area (Å²) in [5, 5.41) is 3.28. The molecule has 3 aromatic carbocycles. The minimum atomic E-state index is -0.235. The second kappa shape index (κ2) is 8.37. The molecule has 0 atom stereocenters. The summed E-state index contributed by atoms with van der Waals surface area (Å²) in [4.78, 5) is 17.0. The Morgan fingerprint density at radius 3 is 2.62 bits per heavy atom. The predicted octanol–water partition coefficient (Wildman–Crippen LogP) is 5.72. The Balaban J connectivity index is 1.42. The molecule has 1 N–H and O–H groups in total. The number of halogens is 1. The van der Waals surface area contributed by atoms with Gasteiger partial charge in [0.25, 0.3) is 5.91 Å². The van der Waals surface area contributed by atoms with Crippen molar-refractivity contribution in [3.05, 3.63) is 88.8 Å². The number of nitrogens with one attached hydrogen (secondary N) is 1. The van der Waals surface area contributed by atoms with Crippen LogP contribution in [0.1, 0.15) is 28.7 Å². The fourth-order valence-corrected chi connectivity index (χ4v) is 3.23. The maximum atomic E-state index is 12.5. The van der Waals surface area contributed by atoms with Gasteiger partial charge in [0.15, 0.2) is 11.5 Å². The van der Waals surface area contributed by atoms with Crippen LogP contribution in [0.4, 0.5) is 5.69 Å². The van der Waals surface area contributed by atoms with E-state index in [0.717, 1.165) is 16.7 Å². The number of para-hydroxylation sites is 2. The number of rotatable bonds is 6. The van der Waals surface area contributed by atoms with E-state index in [4.69, 9.17) is 20.8 Å². The molecular formula is C23H19ClN2O3. The lowest BCUT2D eigenvalue weighted by atomic mass is 10.1. The number of fused-ring (bicyclic) bond motifs is 1. The van der Waals surface area contributed by atoms with Gasteiger partial charge in [0.05, 0.1) is 11.6 Å². The summed E-state index contributed by atoms with van der Waals surface area (Å²) in [6.45, 7) is 2.39. The molecule has 0 saturated heterocycles. The summed E-state index contributed by atoms with van der Waals surface area (Å²) >= 11 is 6.16. The second-order valence-corrected chi connectivity index (χ2v) is 6.89. The van der Waals surface area contributed by atoms with Gasteiger partial charge in [0.1, 0.15) is 11.3 Å². The second-order valence-electron chi connectivity index (χ2n) is 6.48. The van der Waals surface area contributed by atoms with E-state index < -0.39 is 0 Å². The lowest BCUT2D eigenvalue weighted by Crippen LogP contribution is -2.12. The fraction of sp³-hybridized carbons (Fsp3) is 0.130. The third kappa shape index (κ3) is 4.41. The van der Waals surface area contributed by atoms with Crippen LogP contribution in [0, 0.1) is 0 Å². The highest BCUT2D eigenvalue weighted by atomic mass is 35.5. The first-order valence-corrected chi connectivity index (χ1v) is 9.67. The van der Waals surface area contributed by atoms with Crippen LogP contribution in [0.3, 0.4) is 0 Å². The standard InChI is InChI=1S/C23H19ClN2O3/c1-2-28-20-12-9-16(14-18(20)24)23(27)25-17-10-7-15(8-11-17)13-22-26-19-5-3-4-6-21(19)29-22/h3-12,14H,2,13H2,1H3,(H,25,27). The first kappa shape index (κ1) is 19.0. The Hall–Kier alpha value is -3.31. The number of nitrogens with zero attached hydrogens (tertiary/aromatic N) is 1. The fourth-order valence-electron chi connectivity index (χ4n) is 2.99. The number of oxazole rings is 1. The van der Waals surface area contributed by atoms with Gasteiger partial charge in [0.2, 0.25) is 0 Å². The zero-order valence-corrected chi connectivity index (χ0v) is 16.6. The van der Waals surface area contributed by atoms with Gasteiger partial charge in [0, 0.05) is 17.7 Å². The average molecular weight is 407 g/mol. The van der Waals surface area contributed by atoms with Crippen molar-refractivity contribution < 1.29 is 13.9 Å². The maximum Gasteiger partial charge on any atom is 0.255 e. The van der Waals surface area contributed by atoms with Crippen molar-refractivity contribution >= 4 is 34.3 Å². The van der Waals surface area contributed by atoms with E-state index in [1.165, 1.54) is 0 Å². The van der Waals surface area contributed by atoms with Crippen LogP contribution in [-0.4, -0.2) is 17.5 Å². The summed E-state index contributed by atoms with van der Waals surface area (Å²) < 4.78 is 11.2. The molecule has 6 heteroatoms. The van der Waals surface area contributed by atoms with Crippen LogP contribution in [0.5, 0.6) is 5.75 Å². The van der Waals surface area contributed by atoms with Crippen molar-refractivity contribution in [2.45, 2.75) is 13.3 Å². The van der Waals surface area contributed by atoms with E-state index in [9.17, 15) is 4.79 Å². The molecule has 1 aromatic heterocycles. The van der Waals surface area contributed by atoms with Gasteiger partial charge in [-0.15, -0.1) is 0 Å². The summed E-state index contributed by atoms with van der Waals surface area (Å²) in [6.07, 6.45) is 0.581. The van der Waals surface area contributed by atoms with Gasteiger partial charge in [-0.3, -0.25) is 4.79 Å². The van der Waals surface area contributed by atoms with E-state index in [1.807, 2.05) is 55.5 Å². The number of hydrogen-bond donors (Lipinski definition) is 1. The molecule has 0 aliphatic carbocycles. The topological polar surface area (TPSA) is 64.4 Å². The van der Waals surface area contributed by atoms with Crippen LogP contribution in [0.15, 0.2) is 71.1 Å². The SMILES string of the molecule is CCOc1ccc(C(=O)Nc2ccc(Cc3nc4ccccc4o3)cc2)cc1Cl. The lowest BCUT2D eigenvalue weighted by molar-refractivity contribution is 0.102. The number of ether oxygens (including phenoxy) is 1. The number of carbonyl (C=O) groups is 1. The molecule has 4 rings (SSSR count). The van der Waals surface area contributed by atoms with Gasteiger partial charge in [-0.05, 0) is 55.0 Å². The van der Waals surface area contributed by atoms with Crippen molar-refractivity contribution in [1.82, 2.24) is 4.98 Å². The number of hydrogen-bond acceptors (Lipinski definition) is 4. The highest BCUT2D eigenvalue weighted by Gasteiger charge is 2.11. The molecule has 29 heavy (non-hydrogen) atoms. The number of aromatic nitrogens is 1. The molecule has 0 saturated carbocycles. The first-order chi connectivity index (χ1) is 14.1. The van der Waals surface area contributed by atoms with Crippen LogP contribution in [0.2, 0.25) is 5.02 Å². The maximum absolute atomic E-state index is 12.5. The molecule has 0 fully saturated rings. The van der Waals surface area contributed by atoms with Crippen molar-refractivity contribution in [2.24, 2.45) is 0 Å². The lowest BCUT2D eigenvalue weighted by Gasteiger charge is -2.09. The molecular weight excluding hydrogens is 388 g/mol. The quantitative estimate of drug-likeness (QED) is 0.444. The molecule has 0 bridgehead atoms. The molecule has 1 amide bonds. The number of carbonyl (C=O) groups excluding carboxylic acids is 1. The first-order valence-electron chi connectivity index (χ1n) is 9.29. The Morgan fingerprint density at radius 1 is 1.10 bits per heavy atom. The van der Waals surface area contributed by atoms with Crippen molar-refractivity contribution in [3.63, 3.8) is 0 Å². The normalized spacial score (nSPS) is 10.8. The number of amides is 1. The van der Waals surface area contributed by atoms with Crippen molar-refractivity contribution in [1.29, 1.82) is 0 Å². The molecule has 0 aliphatic heterocycles. The zero-order valence-electron chi connectivity index (χ0n) is 15.8. The summed E-state index contributed by atoms with van der Waals surface area (Å²) in [6, 6.07) is 20.3. The predicted molar refractivity (Wildman–Crippen MR) is 114 cm³/mol. The number of benzene rings is 3. The molecule has 146 valence electrons. The summed E-state index contributed by atoms with van der Waals surface area (Å²) in [5.74, 6) is 0.989. The van der Waals surface area contributed by atoms with Crippen molar-refractivity contribution in [2.75, 3.05) is 11.9 Å². The van der Waals surface area contributed by atoms with E-state index in [1.54, 1.807) is 18.2 Å². The minimum Gasteiger partial charge on any atom is -0.492 e. The Bertz CT molecular complexity index is 1120. The Morgan fingerprint density at radius 2 is 1.90 bits per heavy atom. The molecule has 1 heterocycles. The Kier molecular flexibility index (Phi) is 5.49. The third-order valence-electron chi connectivity index (χ3n) is 4.40. The molecule has 0 radical (unpaired) electrons.